The summed E-state index contributed by atoms with van der Waals surface area (Å²) < 4.78 is 0. The zero-order valence-electron chi connectivity index (χ0n) is 10.5. The molecule has 0 radical (unpaired) electrons. The molecule has 90 valence electrons. The topological polar surface area (TPSA) is 24.9 Å². The van der Waals surface area contributed by atoms with Gasteiger partial charge in [0.05, 0.1) is 0 Å². The molecule has 0 spiro atoms. The van der Waals surface area contributed by atoms with Crippen LogP contribution in [0, 0.1) is 5.92 Å². The highest BCUT2D eigenvalue weighted by Crippen LogP contribution is 2.15. The molecule has 0 saturated heterocycles. The van der Waals surface area contributed by atoms with Crippen molar-refractivity contribution >= 4 is 17.6 Å². The van der Waals surface area contributed by atoms with E-state index in [0.717, 1.165) is 30.5 Å². The van der Waals surface area contributed by atoms with E-state index in [2.05, 4.69) is 43.2 Å². The standard InChI is InChI=1S/C13H22N2S/c1-4-7-14-13-6-5-12(8-15-13)10-16-9-11(2)3/h5-6,8,11H,4,7,9-10H2,1-3H3,(H,14,15). The third kappa shape index (κ3) is 5.40. The Hall–Kier alpha value is -0.700. The van der Waals surface area contributed by atoms with E-state index in [1.807, 2.05) is 18.0 Å². The fourth-order valence-corrected chi connectivity index (χ4v) is 2.28. The molecule has 1 aromatic rings. The molecule has 0 aliphatic rings. The van der Waals surface area contributed by atoms with Crippen molar-refractivity contribution in [2.75, 3.05) is 17.6 Å². The van der Waals surface area contributed by atoms with Crippen LogP contribution in [0.2, 0.25) is 0 Å². The molecule has 0 aliphatic carbocycles. The lowest BCUT2D eigenvalue weighted by Gasteiger charge is -2.06. The lowest BCUT2D eigenvalue weighted by molar-refractivity contribution is 0.750. The second-order valence-electron chi connectivity index (χ2n) is 4.39. The molecule has 1 rings (SSSR count). The van der Waals surface area contributed by atoms with Crippen molar-refractivity contribution in [1.82, 2.24) is 4.98 Å². The van der Waals surface area contributed by atoms with Crippen LogP contribution in [0.15, 0.2) is 18.3 Å². The SMILES string of the molecule is CCCNc1ccc(CSCC(C)C)cn1. The zero-order valence-corrected chi connectivity index (χ0v) is 11.3. The van der Waals surface area contributed by atoms with Crippen molar-refractivity contribution in [3.05, 3.63) is 23.9 Å². The summed E-state index contributed by atoms with van der Waals surface area (Å²) in [6.07, 6.45) is 3.11. The average molecular weight is 238 g/mol. The maximum atomic E-state index is 4.39. The first-order valence-corrected chi connectivity index (χ1v) is 7.14. The van der Waals surface area contributed by atoms with Gasteiger partial charge in [-0.3, -0.25) is 0 Å². The van der Waals surface area contributed by atoms with Crippen LogP contribution in [0.4, 0.5) is 5.82 Å². The summed E-state index contributed by atoms with van der Waals surface area (Å²) in [5.41, 5.74) is 1.31. The van der Waals surface area contributed by atoms with Crippen LogP contribution >= 0.6 is 11.8 Å². The number of nitrogens with zero attached hydrogens (tertiary/aromatic N) is 1. The van der Waals surface area contributed by atoms with Crippen molar-refractivity contribution in [3.8, 4) is 0 Å². The van der Waals surface area contributed by atoms with E-state index in [0.29, 0.717) is 0 Å². The second kappa shape index (κ2) is 7.55. The van der Waals surface area contributed by atoms with Gasteiger partial charge in [0.15, 0.2) is 0 Å². The Morgan fingerprint density at radius 3 is 2.75 bits per heavy atom. The predicted molar refractivity (Wildman–Crippen MR) is 74.0 cm³/mol. The highest BCUT2D eigenvalue weighted by molar-refractivity contribution is 7.98. The number of anilines is 1. The van der Waals surface area contributed by atoms with E-state index in [1.165, 1.54) is 11.3 Å². The van der Waals surface area contributed by atoms with Crippen molar-refractivity contribution in [3.63, 3.8) is 0 Å². The lowest BCUT2D eigenvalue weighted by Crippen LogP contribution is -2.01. The minimum Gasteiger partial charge on any atom is -0.370 e. The summed E-state index contributed by atoms with van der Waals surface area (Å²) in [5, 5.41) is 3.28. The molecule has 0 aliphatic heterocycles. The van der Waals surface area contributed by atoms with Gasteiger partial charge < -0.3 is 5.32 Å². The molecule has 3 heteroatoms. The summed E-state index contributed by atoms with van der Waals surface area (Å²) in [6.45, 7) is 7.66. The minimum atomic E-state index is 0.767. The molecule has 16 heavy (non-hydrogen) atoms. The Kier molecular flexibility index (Phi) is 6.31. The Labute approximate surface area is 103 Å². The van der Waals surface area contributed by atoms with Crippen molar-refractivity contribution in [1.29, 1.82) is 0 Å². The van der Waals surface area contributed by atoms with Crippen LogP contribution in [0.25, 0.3) is 0 Å². The van der Waals surface area contributed by atoms with E-state index in [1.54, 1.807) is 0 Å². The summed E-state index contributed by atoms with van der Waals surface area (Å²) in [5.74, 6) is 4.04. The van der Waals surface area contributed by atoms with Crippen LogP contribution in [-0.4, -0.2) is 17.3 Å². The fourth-order valence-electron chi connectivity index (χ4n) is 1.28. The summed E-state index contributed by atoms with van der Waals surface area (Å²) in [6, 6.07) is 4.24. The fraction of sp³-hybridized carbons (Fsp3) is 0.615. The molecule has 0 atom stereocenters. The number of hydrogen-bond donors (Lipinski definition) is 1. The van der Waals surface area contributed by atoms with Gasteiger partial charge in [-0.05, 0) is 29.7 Å². The van der Waals surface area contributed by atoms with Gasteiger partial charge in [-0.15, -0.1) is 0 Å². The highest BCUT2D eigenvalue weighted by Gasteiger charge is 1.98. The van der Waals surface area contributed by atoms with Gasteiger partial charge in [0, 0.05) is 18.5 Å². The third-order valence-corrected chi connectivity index (χ3v) is 3.54. The van der Waals surface area contributed by atoms with Crippen molar-refractivity contribution < 1.29 is 0 Å². The van der Waals surface area contributed by atoms with Crippen LogP contribution in [-0.2, 0) is 5.75 Å². The zero-order chi connectivity index (χ0) is 11.8. The van der Waals surface area contributed by atoms with Gasteiger partial charge in [0.25, 0.3) is 0 Å². The first-order valence-electron chi connectivity index (χ1n) is 5.99. The first kappa shape index (κ1) is 13.4. The van der Waals surface area contributed by atoms with Crippen molar-refractivity contribution in [2.24, 2.45) is 5.92 Å². The van der Waals surface area contributed by atoms with Crippen LogP contribution < -0.4 is 5.32 Å². The normalized spacial score (nSPS) is 10.8. The molecule has 0 bridgehead atoms. The second-order valence-corrected chi connectivity index (χ2v) is 5.42. The molecule has 1 heterocycles. The number of hydrogen-bond acceptors (Lipinski definition) is 3. The van der Waals surface area contributed by atoms with Gasteiger partial charge in [0.1, 0.15) is 5.82 Å². The number of pyridine rings is 1. The highest BCUT2D eigenvalue weighted by atomic mass is 32.2. The average Bonchev–Trinajstić information content (AvgIpc) is 2.27. The maximum absolute atomic E-state index is 4.39. The Bertz CT molecular complexity index is 282. The van der Waals surface area contributed by atoms with Gasteiger partial charge in [0.2, 0.25) is 0 Å². The number of nitrogens with one attached hydrogen (secondary N) is 1. The Morgan fingerprint density at radius 1 is 1.38 bits per heavy atom. The van der Waals surface area contributed by atoms with Crippen LogP contribution in [0.5, 0.6) is 0 Å². The molecule has 2 nitrogen and oxygen atoms in total. The lowest BCUT2D eigenvalue weighted by atomic mass is 10.3. The third-order valence-electron chi connectivity index (χ3n) is 2.10. The van der Waals surface area contributed by atoms with Gasteiger partial charge in [-0.1, -0.05) is 26.8 Å². The molecule has 0 aromatic carbocycles. The molecule has 0 amide bonds. The minimum absolute atomic E-state index is 0.767. The smallest absolute Gasteiger partial charge is 0.125 e. The van der Waals surface area contributed by atoms with Gasteiger partial charge in [-0.25, -0.2) is 4.98 Å². The predicted octanol–water partition coefficient (Wildman–Crippen LogP) is 3.79. The van der Waals surface area contributed by atoms with Crippen molar-refractivity contribution in [2.45, 2.75) is 32.9 Å². The Balaban J connectivity index is 2.33. The quantitative estimate of drug-likeness (QED) is 0.782. The number of rotatable bonds is 7. The number of aromatic nitrogens is 1. The molecule has 0 saturated carbocycles. The van der Waals surface area contributed by atoms with Crippen LogP contribution in [0.1, 0.15) is 32.8 Å². The molecule has 1 aromatic heterocycles. The monoisotopic (exact) mass is 238 g/mol. The van der Waals surface area contributed by atoms with Gasteiger partial charge in [-0.2, -0.15) is 11.8 Å². The molecular weight excluding hydrogens is 216 g/mol. The van der Waals surface area contributed by atoms with E-state index in [4.69, 9.17) is 0 Å². The Morgan fingerprint density at radius 2 is 2.19 bits per heavy atom. The summed E-state index contributed by atoms with van der Waals surface area (Å²) in [7, 11) is 0. The molecular formula is C13H22N2S. The largest absolute Gasteiger partial charge is 0.370 e. The van der Waals surface area contributed by atoms with E-state index >= 15 is 0 Å². The number of thioether (sulfide) groups is 1. The van der Waals surface area contributed by atoms with E-state index in [9.17, 15) is 0 Å². The van der Waals surface area contributed by atoms with Gasteiger partial charge >= 0.3 is 0 Å². The molecule has 0 fully saturated rings. The molecule has 0 unspecified atom stereocenters. The summed E-state index contributed by atoms with van der Waals surface area (Å²) >= 11 is 1.98. The first-order chi connectivity index (χ1) is 7.72. The van der Waals surface area contributed by atoms with E-state index < -0.39 is 0 Å². The van der Waals surface area contributed by atoms with E-state index in [-0.39, 0.29) is 0 Å². The molecule has 1 N–H and O–H groups in total. The maximum Gasteiger partial charge on any atom is 0.125 e. The summed E-state index contributed by atoms with van der Waals surface area (Å²) in [4.78, 5) is 4.39. The van der Waals surface area contributed by atoms with Crippen LogP contribution in [0.3, 0.4) is 0 Å².